The van der Waals surface area contributed by atoms with E-state index in [0.717, 1.165) is 25.2 Å². The molecule has 2 aromatic rings. The lowest BCUT2D eigenvalue weighted by molar-refractivity contribution is 0.629. The van der Waals surface area contributed by atoms with E-state index < -0.39 is 0 Å². The van der Waals surface area contributed by atoms with Crippen molar-refractivity contribution in [1.82, 2.24) is 15.1 Å². The van der Waals surface area contributed by atoms with Crippen LogP contribution in [0.2, 0.25) is 0 Å². The van der Waals surface area contributed by atoms with Crippen LogP contribution in [0.4, 0.5) is 0 Å². The van der Waals surface area contributed by atoms with Gasteiger partial charge in [-0.25, -0.2) is 4.68 Å². The van der Waals surface area contributed by atoms with Crippen LogP contribution in [-0.2, 0) is 13.0 Å². The fourth-order valence-electron chi connectivity index (χ4n) is 2.42. The fraction of sp³-hybridized carbons (Fsp3) is 0.357. The maximum Gasteiger partial charge on any atom is 0.0802 e. The lowest BCUT2D eigenvalue weighted by Crippen LogP contribution is -2.23. The monoisotopic (exact) mass is 227 g/mol. The van der Waals surface area contributed by atoms with Gasteiger partial charge in [0.1, 0.15) is 0 Å². The van der Waals surface area contributed by atoms with Crippen molar-refractivity contribution < 1.29 is 0 Å². The van der Waals surface area contributed by atoms with Crippen molar-refractivity contribution >= 4 is 0 Å². The molecule has 1 N–H and O–H groups in total. The Hall–Kier alpha value is -1.61. The van der Waals surface area contributed by atoms with E-state index in [-0.39, 0.29) is 0 Å². The maximum atomic E-state index is 4.70. The highest BCUT2D eigenvalue weighted by atomic mass is 15.3. The van der Waals surface area contributed by atoms with Crippen molar-refractivity contribution in [2.75, 3.05) is 6.54 Å². The predicted molar refractivity (Wildman–Crippen MR) is 68.4 cm³/mol. The van der Waals surface area contributed by atoms with E-state index in [1.165, 1.54) is 22.5 Å². The predicted octanol–water partition coefficient (Wildman–Crippen LogP) is 2.13. The molecule has 1 aromatic carbocycles. The summed E-state index contributed by atoms with van der Waals surface area (Å²) in [6.07, 6.45) is 1.09. The van der Waals surface area contributed by atoms with Crippen LogP contribution in [0.5, 0.6) is 0 Å². The van der Waals surface area contributed by atoms with Crippen molar-refractivity contribution in [2.24, 2.45) is 0 Å². The number of hydrogen-bond acceptors (Lipinski definition) is 2. The van der Waals surface area contributed by atoms with E-state index in [1.54, 1.807) is 0 Å². The van der Waals surface area contributed by atoms with Crippen LogP contribution in [0.15, 0.2) is 24.3 Å². The molecular weight excluding hydrogens is 210 g/mol. The van der Waals surface area contributed by atoms with Crippen molar-refractivity contribution in [1.29, 1.82) is 0 Å². The Balaban J connectivity index is 2.09. The minimum Gasteiger partial charge on any atom is -0.311 e. The summed E-state index contributed by atoms with van der Waals surface area (Å²) >= 11 is 0. The first-order chi connectivity index (χ1) is 8.25. The molecule has 3 nitrogen and oxygen atoms in total. The highest BCUT2D eigenvalue weighted by molar-refractivity contribution is 5.39. The topological polar surface area (TPSA) is 29.9 Å². The van der Waals surface area contributed by atoms with Crippen LogP contribution < -0.4 is 5.32 Å². The van der Waals surface area contributed by atoms with Crippen LogP contribution in [0, 0.1) is 13.8 Å². The minimum absolute atomic E-state index is 0.898. The van der Waals surface area contributed by atoms with Gasteiger partial charge in [0.25, 0.3) is 0 Å². The lowest BCUT2D eigenvalue weighted by atomic mass is 10.1. The fourth-order valence-corrected chi connectivity index (χ4v) is 2.42. The largest absolute Gasteiger partial charge is 0.311 e. The van der Waals surface area contributed by atoms with Gasteiger partial charge in [-0.05, 0) is 44.5 Å². The second-order valence-corrected chi connectivity index (χ2v) is 4.68. The lowest BCUT2D eigenvalue weighted by Gasteiger charge is -2.11. The standard InChI is InChI=1S/C14H17N3/c1-10-3-5-12(6-4-10)17-11(2)13-7-8-15-9-14(13)16-17/h3-6,15H,7-9H2,1-2H3. The SMILES string of the molecule is Cc1ccc(-n2nc3c(c2C)CCNC3)cc1. The van der Waals surface area contributed by atoms with Crippen molar-refractivity contribution in [3.8, 4) is 5.69 Å². The number of aromatic nitrogens is 2. The summed E-state index contributed by atoms with van der Waals surface area (Å²) in [5.74, 6) is 0. The molecule has 0 bridgehead atoms. The van der Waals surface area contributed by atoms with Gasteiger partial charge in [0.05, 0.1) is 11.4 Å². The molecular formula is C14H17N3. The highest BCUT2D eigenvalue weighted by Crippen LogP contribution is 2.21. The molecule has 0 aliphatic carbocycles. The van der Waals surface area contributed by atoms with E-state index in [0.29, 0.717) is 0 Å². The van der Waals surface area contributed by atoms with Crippen LogP contribution in [0.1, 0.15) is 22.5 Å². The second-order valence-electron chi connectivity index (χ2n) is 4.68. The van der Waals surface area contributed by atoms with Gasteiger partial charge in [-0.3, -0.25) is 0 Å². The van der Waals surface area contributed by atoms with Crippen molar-refractivity contribution in [3.63, 3.8) is 0 Å². The average molecular weight is 227 g/mol. The number of nitrogens with one attached hydrogen (secondary N) is 1. The van der Waals surface area contributed by atoms with Gasteiger partial charge in [-0.15, -0.1) is 0 Å². The number of nitrogens with zero attached hydrogens (tertiary/aromatic N) is 2. The molecule has 17 heavy (non-hydrogen) atoms. The molecule has 1 aromatic heterocycles. The minimum atomic E-state index is 0.898. The molecule has 2 heterocycles. The number of fused-ring (bicyclic) bond motifs is 1. The molecule has 1 aliphatic rings. The summed E-state index contributed by atoms with van der Waals surface area (Å²) in [6, 6.07) is 8.53. The van der Waals surface area contributed by atoms with E-state index in [4.69, 9.17) is 5.10 Å². The Bertz CT molecular complexity index is 537. The summed E-state index contributed by atoms with van der Waals surface area (Å²) in [4.78, 5) is 0. The Morgan fingerprint density at radius 2 is 1.94 bits per heavy atom. The van der Waals surface area contributed by atoms with Crippen LogP contribution >= 0.6 is 0 Å². The summed E-state index contributed by atoms with van der Waals surface area (Å²) < 4.78 is 2.07. The van der Waals surface area contributed by atoms with Gasteiger partial charge in [-0.2, -0.15) is 5.10 Å². The number of hydrogen-bond donors (Lipinski definition) is 1. The van der Waals surface area contributed by atoms with Crippen LogP contribution in [0.3, 0.4) is 0 Å². The van der Waals surface area contributed by atoms with Crippen molar-refractivity contribution in [2.45, 2.75) is 26.8 Å². The molecule has 0 unspecified atom stereocenters. The highest BCUT2D eigenvalue weighted by Gasteiger charge is 2.17. The second kappa shape index (κ2) is 4.00. The molecule has 0 saturated heterocycles. The molecule has 0 amide bonds. The third-order valence-electron chi connectivity index (χ3n) is 3.45. The normalized spacial score (nSPS) is 14.7. The van der Waals surface area contributed by atoms with Gasteiger partial charge in [0, 0.05) is 12.2 Å². The summed E-state index contributed by atoms with van der Waals surface area (Å²) in [5.41, 5.74) is 6.34. The quantitative estimate of drug-likeness (QED) is 0.809. The Labute approximate surface area is 101 Å². The third-order valence-corrected chi connectivity index (χ3v) is 3.45. The average Bonchev–Trinajstić information content (AvgIpc) is 2.69. The summed E-state index contributed by atoms with van der Waals surface area (Å²) in [6.45, 7) is 6.23. The van der Waals surface area contributed by atoms with E-state index in [2.05, 4.69) is 48.1 Å². The first kappa shape index (κ1) is 10.5. The van der Waals surface area contributed by atoms with Gasteiger partial charge in [0.2, 0.25) is 0 Å². The van der Waals surface area contributed by atoms with Gasteiger partial charge < -0.3 is 5.32 Å². The van der Waals surface area contributed by atoms with E-state index in [1.807, 2.05) is 0 Å². The molecule has 0 radical (unpaired) electrons. The molecule has 0 spiro atoms. The molecule has 0 saturated carbocycles. The first-order valence-electron chi connectivity index (χ1n) is 6.11. The van der Waals surface area contributed by atoms with Crippen molar-refractivity contribution in [3.05, 3.63) is 46.8 Å². The Morgan fingerprint density at radius 1 is 1.18 bits per heavy atom. The van der Waals surface area contributed by atoms with Crippen LogP contribution in [-0.4, -0.2) is 16.3 Å². The zero-order valence-electron chi connectivity index (χ0n) is 10.3. The molecule has 3 heteroatoms. The zero-order chi connectivity index (χ0) is 11.8. The first-order valence-corrected chi connectivity index (χ1v) is 6.11. The van der Waals surface area contributed by atoms with Gasteiger partial charge >= 0.3 is 0 Å². The molecule has 1 aliphatic heterocycles. The van der Waals surface area contributed by atoms with Crippen LogP contribution in [0.25, 0.3) is 5.69 Å². The summed E-state index contributed by atoms with van der Waals surface area (Å²) in [7, 11) is 0. The Kier molecular flexibility index (Phi) is 2.48. The molecule has 0 atom stereocenters. The van der Waals surface area contributed by atoms with E-state index >= 15 is 0 Å². The third kappa shape index (κ3) is 1.76. The number of rotatable bonds is 1. The number of aryl methyl sites for hydroxylation is 1. The molecule has 0 fully saturated rings. The van der Waals surface area contributed by atoms with E-state index in [9.17, 15) is 0 Å². The number of benzene rings is 1. The summed E-state index contributed by atoms with van der Waals surface area (Å²) in [5, 5.41) is 8.07. The molecule has 3 rings (SSSR count). The Morgan fingerprint density at radius 3 is 2.65 bits per heavy atom. The maximum absolute atomic E-state index is 4.70. The smallest absolute Gasteiger partial charge is 0.0802 e. The zero-order valence-corrected chi connectivity index (χ0v) is 10.3. The van der Waals surface area contributed by atoms with Gasteiger partial charge in [-0.1, -0.05) is 17.7 Å². The van der Waals surface area contributed by atoms with Gasteiger partial charge in [0.15, 0.2) is 0 Å². The molecule has 88 valence electrons.